The lowest BCUT2D eigenvalue weighted by molar-refractivity contribution is -0.148. The van der Waals surface area contributed by atoms with Crippen molar-refractivity contribution in [3.05, 3.63) is 0 Å². The minimum absolute atomic E-state index is 0.0716. The molecule has 0 aromatic carbocycles. The Morgan fingerprint density at radius 3 is 2.76 bits per heavy atom. The summed E-state index contributed by atoms with van der Waals surface area (Å²) in [7, 11) is 1.28. The Morgan fingerprint density at radius 2 is 2.29 bits per heavy atom. The van der Waals surface area contributed by atoms with Gasteiger partial charge in [0.15, 0.2) is 6.10 Å². The van der Waals surface area contributed by atoms with Crippen molar-refractivity contribution in [2.45, 2.75) is 31.2 Å². The van der Waals surface area contributed by atoms with Crippen LogP contribution in [0.4, 0.5) is 0 Å². The number of hydrogen-bond acceptors (Lipinski definition) is 5. The van der Waals surface area contributed by atoms with Crippen LogP contribution in [0.5, 0.6) is 0 Å². The number of methoxy groups -OCH3 is 1. The van der Waals surface area contributed by atoms with Crippen LogP contribution in [0.3, 0.4) is 0 Å². The molecular weight excluding hydrogens is 228 g/mol. The quantitative estimate of drug-likeness (QED) is 0.537. The standard InChI is InChI=1S/C10H18N2O5/c1-16-8(10(14)15)5-12-9(13)7-3-2-6(4-11)17-7/h6-8H,2-5,11H2,1H3,(H,12,13)(H,14,15). The average Bonchev–Trinajstić information content (AvgIpc) is 2.77. The predicted octanol–water partition coefficient (Wildman–Crippen LogP) is -1.29. The Hall–Kier alpha value is -1.18. The summed E-state index contributed by atoms with van der Waals surface area (Å²) >= 11 is 0. The van der Waals surface area contributed by atoms with Crippen molar-refractivity contribution in [3.63, 3.8) is 0 Å². The molecule has 1 fully saturated rings. The fourth-order valence-corrected chi connectivity index (χ4v) is 1.65. The van der Waals surface area contributed by atoms with Gasteiger partial charge in [0.1, 0.15) is 6.10 Å². The maximum Gasteiger partial charge on any atom is 0.334 e. The number of nitrogens with one attached hydrogen (secondary N) is 1. The van der Waals surface area contributed by atoms with Crippen molar-refractivity contribution >= 4 is 11.9 Å². The van der Waals surface area contributed by atoms with E-state index in [1.807, 2.05) is 0 Å². The molecule has 0 saturated carbocycles. The molecule has 1 aliphatic heterocycles. The molecule has 98 valence electrons. The minimum atomic E-state index is -1.11. The van der Waals surface area contributed by atoms with E-state index in [0.717, 1.165) is 6.42 Å². The number of carboxylic acid groups (broad SMARTS) is 1. The molecule has 1 rings (SSSR count). The number of carboxylic acids is 1. The van der Waals surface area contributed by atoms with Gasteiger partial charge in [-0.1, -0.05) is 0 Å². The van der Waals surface area contributed by atoms with E-state index in [1.165, 1.54) is 7.11 Å². The Bertz CT molecular complexity index is 284. The summed E-state index contributed by atoms with van der Waals surface area (Å²) in [5, 5.41) is 11.2. The summed E-state index contributed by atoms with van der Waals surface area (Å²) in [4.78, 5) is 22.3. The first kappa shape index (κ1) is 13.9. The van der Waals surface area contributed by atoms with E-state index in [4.69, 9.17) is 20.3 Å². The molecule has 17 heavy (non-hydrogen) atoms. The van der Waals surface area contributed by atoms with Crippen molar-refractivity contribution in [1.82, 2.24) is 5.32 Å². The Labute approximate surface area is 99.3 Å². The van der Waals surface area contributed by atoms with E-state index < -0.39 is 18.2 Å². The molecule has 1 saturated heterocycles. The number of carbonyl (C=O) groups is 2. The molecular formula is C10H18N2O5. The van der Waals surface area contributed by atoms with Gasteiger partial charge >= 0.3 is 5.97 Å². The van der Waals surface area contributed by atoms with Gasteiger partial charge in [0.25, 0.3) is 0 Å². The average molecular weight is 246 g/mol. The molecule has 1 amide bonds. The van der Waals surface area contributed by atoms with Crippen molar-refractivity contribution in [1.29, 1.82) is 0 Å². The van der Waals surface area contributed by atoms with Gasteiger partial charge in [-0.15, -0.1) is 0 Å². The molecule has 0 aromatic heterocycles. The molecule has 3 atom stereocenters. The van der Waals surface area contributed by atoms with E-state index in [-0.39, 0.29) is 18.6 Å². The van der Waals surface area contributed by atoms with Crippen molar-refractivity contribution in [2.75, 3.05) is 20.2 Å². The van der Waals surface area contributed by atoms with Gasteiger partial charge < -0.3 is 25.6 Å². The molecule has 3 unspecified atom stereocenters. The Kier molecular flexibility index (Phi) is 5.33. The highest BCUT2D eigenvalue weighted by atomic mass is 16.5. The Balaban J connectivity index is 2.32. The zero-order valence-corrected chi connectivity index (χ0v) is 9.72. The van der Waals surface area contributed by atoms with E-state index in [9.17, 15) is 9.59 Å². The fraction of sp³-hybridized carbons (Fsp3) is 0.800. The third-order valence-electron chi connectivity index (χ3n) is 2.68. The molecule has 0 bridgehead atoms. The second kappa shape index (κ2) is 6.53. The van der Waals surface area contributed by atoms with E-state index >= 15 is 0 Å². The van der Waals surface area contributed by atoms with Crippen molar-refractivity contribution in [2.24, 2.45) is 5.73 Å². The van der Waals surface area contributed by atoms with Crippen LogP contribution >= 0.6 is 0 Å². The molecule has 7 nitrogen and oxygen atoms in total. The number of carbonyl (C=O) groups excluding carboxylic acids is 1. The number of amides is 1. The summed E-state index contributed by atoms with van der Waals surface area (Å²) in [6, 6.07) is 0. The highest BCUT2D eigenvalue weighted by Gasteiger charge is 2.30. The normalized spacial score (nSPS) is 25.5. The van der Waals surface area contributed by atoms with Crippen LogP contribution in [0.25, 0.3) is 0 Å². The lowest BCUT2D eigenvalue weighted by atomic mass is 10.2. The van der Waals surface area contributed by atoms with Crippen LogP contribution in [-0.2, 0) is 19.1 Å². The molecule has 1 aliphatic rings. The van der Waals surface area contributed by atoms with E-state index in [2.05, 4.69) is 5.32 Å². The largest absolute Gasteiger partial charge is 0.479 e. The second-order valence-corrected chi connectivity index (χ2v) is 3.87. The second-order valence-electron chi connectivity index (χ2n) is 3.87. The lowest BCUT2D eigenvalue weighted by Gasteiger charge is -2.15. The van der Waals surface area contributed by atoms with Gasteiger partial charge in [0.2, 0.25) is 5.91 Å². The van der Waals surface area contributed by atoms with Crippen molar-refractivity contribution < 1.29 is 24.2 Å². The maximum atomic E-state index is 11.6. The summed E-state index contributed by atoms with van der Waals surface area (Å²) in [6.07, 6.45) is -0.288. The van der Waals surface area contributed by atoms with Crippen LogP contribution in [0.2, 0.25) is 0 Å². The monoisotopic (exact) mass is 246 g/mol. The van der Waals surface area contributed by atoms with Gasteiger partial charge in [0.05, 0.1) is 12.6 Å². The van der Waals surface area contributed by atoms with E-state index in [1.54, 1.807) is 0 Å². The summed E-state index contributed by atoms with van der Waals surface area (Å²) in [5.74, 6) is -1.43. The van der Waals surface area contributed by atoms with Gasteiger partial charge in [0, 0.05) is 13.7 Å². The van der Waals surface area contributed by atoms with Crippen LogP contribution in [0, 0.1) is 0 Å². The number of ether oxygens (including phenoxy) is 2. The first-order valence-corrected chi connectivity index (χ1v) is 5.47. The fourth-order valence-electron chi connectivity index (χ4n) is 1.65. The SMILES string of the molecule is COC(CNC(=O)C1CCC(CN)O1)C(=O)O. The molecule has 0 aromatic rings. The highest BCUT2D eigenvalue weighted by molar-refractivity contribution is 5.82. The lowest BCUT2D eigenvalue weighted by Crippen LogP contribution is -2.42. The molecule has 7 heteroatoms. The maximum absolute atomic E-state index is 11.6. The summed E-state index contributed by atoms with van der Waals surface area (Å²) < 4.78 is 10.1. The number of hydrogen-bond donors (Lipinski definition) is 3. The zero-order chi connectivity index (χ0) is 12.8. The highest BCUT2D eigenvalue weighted by Crippen LogP contribution is 2.18. The first-order chi connectivity index (χ1) is 8.08. The summed E-state index contributed by atoms with van der Waals surface area (Å²) in [5.41, 5.74) is 5.43. The summed E-state index contributed by atoms with van der Waals surface area (Å²) in [6.45, 7) is 0.317. The zero-order valence-electron chi connectivity index (χ0n) is 9.72. The Morgan fingerprint density at radius 1 is 1.59 bits per heavy atom. The van der Waals surface area contributed by atoms with Gasteiger partial charge in [-0.3, -0.25) is 4.79 Å². The van der Waals surface area contributed by atoms with Crippen molar-refractivity contribution in [3.8, 4) is 0 Å². The number of nitrogens with two attached hydrogens (primary N) is 1. The number of rotatable bonds is 6. The smallest absolute Gasteiger partial charge is 0.334 e. The molecule has 0 spiro atoms. The van der Waals surface area contributed by atoms with Crippen LogP contribution in [-0.4, -0.2) is 55.5 Å². The molecule has 0 aliphatic carbocycles. The third kappa shape index (κ3) is 3.95. The third-order valence-corrected chi connectivity index (χ3v) is 2.68. The molecule has 0 radical (unpaired) electrons. The van der Waals surface area contributed by atoms with E-state index in [0.29, 0.717) is 13.0 Å². The van der Waals surface area contributed by atoms with Crippen LogP contribution in [0.15, 0.2) is 0 Å². The topological polar surface area (TPSA) is 111 Å². The molecule has 4 N–H and O–H groups in total. The minimum Gasteiger partial charge on any atom is -0.479 e. The van der Waals surface area contributed by atoms with Crippen LogP contribution in [0.1, 0.15) is 12.8 Å². The van der Waals surface area contributed by atoms with Crippen LogP contribution < -0.4 is 11.1 Å². The predicted molar refractivity (Wildman–Crippen MR) is 58.4 cm³/mol. The van der Waals surface area contributed by atoms with Gasteiger partial charge in [-0.2, -0.15) is 0 Å². The first-order valence-electron chi connectivity index (χ1n) is 5.47. The van der Waals surface area contributed by atoms with Gasteiger partial charge in [-0.05, 0) is 12.8 Å². The number of aliphatic carboxylic acids is 1. The van der Waals surface area contributed by atoms with Gasteiger partial charge in [-0.25, -0.2) is 4.79 Å². The molecule has 1 heterocycles.